The number of benzene rings is 1. The predicted octanol–water partition coefficient (Wildman–Crippen LogP) is 4.36. The molecule has 0 aliphatic rings. The van der Waals surface area contributed by atoms with Gasteiger partial charge in [-0.1, -0.05) is 30.1 Å². The summed E-state index contributed by atoms with van der Waals surface area (Å²) in [5.74, 6) is 0.0923. The van der Waals surface area contributed by atoms with E-state index in [0.29, 0.717) is 33.1 Å². The number of halogens is 2. The maximum Gasteiger partial charge on any atom is 0.270 e. The Balaban J connectivity index is 2.24. The largest absolute Gasteiger partial charge is 0.348 e. The van der Waals surface area contributed by atoms with E-state index < -0.39 is 0 Å². The minimum Gasteiger partial charge on any atom is -0.348 e. The molecule has 0 saturated carbocycles. The highest BCUT2D eigenvalue weighted by Gasteiger charge is 2.13. The van der Waals surface area contributed by atoms with Crippen LogP contribution in [0.5, 0.6) is 0 Å². The molecule has 23 heavy (non-hydrogen) atoms. The smallest absolute Gasteiger partial charge is 0.270 e. The third-order valence-corrected chi connectivity index (χ3v) is 3.63. The number of amides is 1. The molecule has 1 amide bonds. The molecule has 0 spiro atoms. The van der Waals surface area contributed by atoms with Gasteiger partial charge in [0.15, 0.2) is 0 Å². The Morgan fingerprint density at radius 2 is 1.83 bits per heavy atom. The SMILES string of the molecule is CCC(C)NC(=O)c1cc(C)nc(Nc2cc(Cl)cc(Cl)c2)n1. The number of carbonyl (C=O) groups excluding carboxylic acids is 1. The maximum absolute atomic E-state index is 12.2. The lowest BCUT2D eigenvalue weighted by atomic mass is 10.2. The predicted molar refractivity (Wildman–Crippen MR) is 93.7 cm³/mol. The van der Waals surface area contributed by atoms with E-state index in [1.165, 1.54) is 0 Å². The van der Waals surface area contributed by atoms with Crippen LogP contribution in [0.25, 0.3) is 0 Å². The Kier molecular flexibility index (Phi) is 5.80. The Morgan fingerprint density at radius 3 is 2.43 bits per heavy atom. The second kappa shape index (κ2) is 7.62. The summed E-state index contributed by atoms with van der Waals surface area (Å²) in [6.45, 7) is 5.75. The third-order valence-electron chi connectivity index (χ3n) is 3.20. The second-order valence-corrected chi connectivity index (χ2v) is 6.16. The van der Waals surface area contributed by atoms with Crippen LogP contribution in [0.15, 0.2) is 24.3 Å². The van der Waals surface area contributed by atoms with E-state index in [4.69, 9.17) is 23.2 Å². The van der Waals surface area contributed by atoms with Crippen molar-refractivity contribution in [2.24, 2.45) is 0 Å². The van der Waals surface area contributed by atoms with Crippen molar-refractivity contribution in [3.05, 3.63) is 45.7 Å². The molecule has 1 unspecified atom stereocenters. The van der Waals surface area contributed by atoms with E-state index in [2.05, 4.69) is 20.6 Å². The fourth-order valence-electron chi connectivity index (χ4n) is 1.90. The van der Waals surface area contributed by atoms with Crippen molar-refractivity contribution in [3.63, 3.8) is 0 Å². The Bertz CT molecular complexity index is 701. The molecule has 5 nitrogen and oxygen atoms in total. The highest BCUT2D eigenvalue weighted by molar-refractivity contribution is 6.35. The van der Waals surface area contributed by atoms with Gasteiger partial charge in [0, 0.05) is 27.5 Å². The van der Waals surface area contributed by atoms with Gasteiger partial charge in [0.1, 0.15) is 5.69 Å². The number of anilines is 2. The van der Waals surface area contributed by atoms with Gasteiger partial charge in [-0.3, -0.25) is 4.79 Å². The van der Waals surface area contributed by atoms with Crippen LogP contribution in [-0.2, 0) is 0 Å². The molecule has 0 bridgehead atoms. The molecule has 1 aromatic carbocycles. The van der Waals surface area contributed by atoms with Crippen LogP contribution in [-0.4, -0.2) is 21.9 Å². The lowest BCUT2D eigenvalue weighted by molar-refractivity contribution is 0.0934. The average Bonchev–Trinajstić information content (AvgIpc) is 2.45. The van der Waals surface area contributed by atoms with Crippen molar-refractivity contribution in [1.29, 1.82) is 0 Å². The van der Waals surface area contributed by atoms with Gasteiger partial charge in [0.2, 0.25) is 5.95 Å². The number of carbonyl (C=O) groups is 1. The fraction of sp³-hybridized carbons (Fsp3) is 0.312. The number of nitrogens with one attached hydrogen (secondary N) is 2. The highest BCUT2D eigenvalue weighted by atomic mass is 35.5. The minimum atomic E-state index is -0.225. The molecule has 2 aromatic rings. The van der Waals surface area contributed by atoms with Crippen LogP contribution in [0.4, 0.5) is 11.6 Å². The van der Waals surface area contributed by atoms with Crippen LogP contribution in [0.3, 0.4) is 0 Å². The van der Waals surface area contributed by atoms with Gasteiger partial charge in [0.05, 0.1) is 0 Å². The fourth-order valence-corrected chi connectivity index (χ4v) is 2.42. The normalized spacial score (nSPS) is 11.9. The zero-order valence-electron chi connectivity index (χ0n) is 13.2. The highest BCUT2D eigenvalue weighted by Crippen LogP contribution is 2.24. The molecule has 0 aliphatic carbocycles. The van der Waals surface area contributed by atoms with E-state index in [9.17, 15) is 4.79 Å². The Labute approximate surface area is 145 Å². The van der Waals surface area contributed by atoms with Gasteiger partial charge < -0.3 is 10.6 Å². The number of hydrogen-bond donors (Lipinski definition) is 2. The van der Waals surface area contributed by atoms with Crippen molar-refractivity contribution < 1.29 is 4.79 Å². The van der Waals surface area contributed by atoms with Crippen molar-refractivity contribution >= 4 is 40.7 Å². The van der Waals surface area contributed by atoms with Crippen LogP contribution in [0.2, 0.25) is 10.0 Å². The third kappa shape index (κ3) is 5.08. The molecule has 0 fully saturated rings. The average molecular weight is 353 g/mol. The molecule has 1 aromatic heterocycles. The number of nitrogens with zero attached hydrogens (tertiary/aromatic N) is 2. The summed E-state index contributed by atoms with van der Waals surface area (Å²) >= 11 is 11.9. The zero-order valence-corrected chi connectivity index (χ0v) is 14.7. The van der Waals surface area contributed by atoms with Crippen LogP contribution in [0, 0.1) is 6.92 Å². The first-order valence-corrected chi connectivity index (χ1v) is 8.02. The van der Waals surface area contributed by atoms with Gasteiger partial charge in [-0.15, -0.1) is 0 Å². The van der Waals surface area contributed by atoms with Crippen LogP contribution in [0.1, 0.15) is 36.5 Å². The summed E-state index contributed by atoms with van der Waals surface area (Å²) < 4.78 is 0. The molecule has 7 heteroatoms. The molecule has 0 aliphatic heterocycles. The first-order valence-electron chi connectivity index (χ1n) is 7.27. The summed E-state index contributed by atoms with van der Waals surface area (Å²) in [7, 11) is 0. The monoisotopic (exact) mass is 352 g/mol. The van der Waals surface area contributed by atoms with E-state index >= 15 is 0 Å². The molecule has 0 radical (unpaired) electrons. The quantitative estimate of drug-likeness (QED) is 0.838. The number of rotatable bonds is 5. The van der Waals surface area contributed by atoms with Crippen LogP contribution >= 0.6 is 23.2 Å². The van der Waals surface area contributed by atoms with Crippen LogP contribution < -0.4 is 10.6 Å². The maximum atomic E-state index is 12.2. The van der Waals surface area contributed by atoms with E-state index in [-0.39, 0.29) is 11.9 Å². The number of hydrogen-bond acceptors (Lipinski definition) is 4. The molecular weight excluding hydrogens is 335 g/mol. The second-order valence-electron chi connectivity index (χ2n) is 5.28. The Hall–Kier alpha value is -1.85. The van der Waals surface area contributed by atoms with Crippen molar-refractivity contribution in [2.45, 2.75) is 33.2 Å². The summed E-state index contributed by atoms with van der Waals surface area (Å²) in [4.78, 5) is 20.7. The minimum absolute atomic E-state index is 0.0842. The molecule has 1 heterocycles. The lowest BCUT2D eigenvalue weighted by Crippen LogP contribution is -2.32. The lowest BCUT2D eigenvalue weighted by Gasteiger charge is -2.12. The first-order chi connectivity index (χ1) is 10.9. The molecule has 0 saturated heterocycles. The van der Waals surface area contributed by atoms with E-state index in [0.717, 1.165) is 6.42 Å². The number of aryl methyl sites for hydroxylation is 1. The first kappa shape index (κ1) is 17.5. The van der Waals surface area contributed by atoms with Gasteiger partial charge in [-0.05, 0) is 44.5 Å². The van der Waals surface area contributed by atoms with Gasteiger partial charge in [-0.2, -0.15) is 0 Å². The summed E-state index contributed by atoms with van der Waals surface area (Å²) in [5.41, 5.74) is 1.65. The van der Waals surface area contributed by atoms with Crippen molar-refractivity contribution in [3.8, 4) is 0 Å². The van der Waals surface area contributed by atoms with E-state index in [1.807, 2.05) is 13.8 Å². The molecular formula is C16H18Cl2N4O. The van der Waals surface area contributed by atoms with Gasteiger partial charge >= 0.3 is 0 Å². The zero-order chi connectivity index (χ0) is 17.0. The summed E-state index contributed by atoms with van der Waals surface area (Å²) in [6, 6.07) is 6.78. The van der Waals surface area contributed by atoms with Gasteiger partial charge in [-0.25, -0.2) is 9.97 Å². The van der Waals surface area contributed by atoms with Crippen molar-refractivity contribution in [2.75, 3.05) is 5.32 Å². The van der Waals surface area contributed by atoms with E-state index in [1.54, 1.807) is 31.2 Å². The molecule has 122 valence electrons. The molecule has 1 atom stereocenters. The molecule has 2 rings (SSSR count). The van der Waals surface area contributed by atoms with Gasteiger partial charge in [0.25, 0.3) is 5.91 Å². The Morgan fingerprint density at radius 1 is 1.17 bits per heavy atom. The number of aromatic nitrogens is 2. The summed E-state index contributed by atoms with van der Waals surface area (Å²) in [6.07, 6.45) is 0.849. The topological polar surface area (TPSA) is 66.9 Å². The summed E-state index contributed by atoms with van der Waals surface area (Å²) in [5, 5.41) is 6.91. The standard InChI is InChI=1S/C16H18Cl2N4O/c1-4-9(2)19-15(23)14-5-10(3)20-16(22-14)21-13-7-11(17)6-12(18)8-13/h5-9H,4H2,1-3H3,(H,19,23)(H,20,21,22). The van der Waals surface area contributed by atoms with Crippen molar-refractivity contribution in [1.82, 2.24) is 15.3 Å². The molecule has 2 N–H and O–H groups in total.